The lowest BCUT2D eigenvalue weighted by Gasteiger charge is -2.35. The van der Waals surface area contributed by atoms with E-state index >= 15 is 0 Å². The molecular formula is C16H24N2O3. The number of nitrogens with zero attached hydrogens (tertiary/aromatic N) is 1. The van der Waals surface area contributed by atoms with Crippen molar-refractivity contribution < 1.29 is 14.0 Å². The van der Waals surface area contributed by atoms with Gasteiger partial charge in [0.15, 0.2) is 5.76 Å². The zero-order valence-electron chi connectivity index (χ0n) is 13.2. The van der Waals surface area contributed by atoms with Crippen LogP contribution in [0.25, 0.3) is 0 Å². The summed E-state index contributed by atoms with van der Waals surface area (Å²) in [6, 6.07) is 1.43. The van der Waals surface area contributed by atoms with Crippen LogP contribution in [0, 0.1) is 5.92 Å². The maximum absolute atomic E-state index is 12.8. The van der Waals surface area contributed by atoms with E-state index in [0.717, 1.165) is 5.56 Å². The van der Waals surface area contributed by atoms with Crippen LogP contribution >= 0.6 is 0 Å². The Morgan fingerprint density at radius 2 is 2.14 bits per heavy atom. The Balaban J connectivity index is 2.26. The van der Waals surface area contributed by atoms with Crippen LogP contribution in [0.1, 0.15) is 56.2 Å². The molecule has 2 heterocycles. The van der Waals surface area contributed by atoms with Crippen LogP contribution in [0.2, 0.25) is 0 Å². The van der Waals surface area contributed by atoms with Crippen LogP contribution in [0.4, 0.5) is 0 Å². The summed E-state index contributed by atoms with van der Waals surface area (Å²) in [5.74, 6) is 0.679. The van der Waals surface area contributed by atoms with Gasteiger partial charge in [0.05, 0.1) is 6.26 Å². The molecule has 1 fully saturated rings. The van der Waals surface area contributed by atoms with Crippen LogP contribution in [-0.2, 0) is 4.79 Å². The molecule has 1 saturated heterocycles. The second-order valence-corrected chi connectivity index (χ2v) is 6.29. The van der Waals surface area contributed by atoms with E-state index in [1.807, 2.05) is 19.9 Å². The van der Waals surface area contributed by atoms with E-state index in [1.165, 1.54) is 0 Å². The Hall–Kier alpha value is -1.78. The van der Waals surface area contributed by atoms with Crippen LogP contribution in [0.15, 0.2) is 16.7 Å². The van der Waals surface area contributed by atoms with Crippen molar-refractivity contribution in [2.75, 3.05) is 13.1 Å². The number of carbonyl (C=O) groups excluding carboxylic acids is 2. The Kier molecular flexibility index (Phi) is 4.70. The summed E-state index contributed by atoms with van der Waals surface area (Å²) < 4.78 is 5.41. The van der Waals surface area contributed by atoms with Gasteiger partial charge >= 0.3 is 0 Å². The highest BCUT2D eigenvalue weighted by Gasteiger charge is 2.35. The molecule has 21 heavy (non-hydrogen) atoms. The maximum atomic E-state index is 12.8. The summed E-state index contributed by atoms with van der Waals surface area (Å²) in [5, 5.41) is 2.84. The van der Waals surface area contributed by atoms with E-state index in [0.29, 0.717) is 31.2 Å². The lowest BCUT2D eigenvalue weighted by atomic mass is 9.98. The first-order valence-corrected chi connectivity index (χ1v) is 7.57. The molecule has 0 bridgehead atoms. The third-order valence-electron chi connectivity index (χ3n) is 3.80. The van der Waals surface area contributed by atoms with Gasteiger partial charge < -0.3 is 14.6 Å². The van der Waals surface area contributed by atoms with Gasteiger partial charge in [-0.25, -0.2) is 0 Å². The molecule has 2 rings (SSSR count). The molecule has 0 aromatic carbocycles. The lowest BCUT2D eigenvalue weighted by Crippen LogP contribution is -2.57. The average molecular weight is 292 g/mol. The highest BCUT2D eigenvalue weighted by Crippen LogP contribution is 2.24. The monoisotopic (exact) mass is 292 g/mol. The molecule has 5 heteroatoms. The Morgan fingerprint density at radius 3 is 2.76 bits per heavy atom. The zero-order chi connectivity index (χ0) is 15.6. The van der Waals surface area contributed by atoms with Gasteiger partial charge in [-0.15, -0.1) is 0 Å². The van der Waals surface area contributed by atoms with Crippen molar-refractivity contribution in [3.05, 3.63) is 23.7 Å². The largest absolute Gasteiger partial charge is 0.459 e. The summed E-state index contributed by atoms with van der Waals surface area (Å²) in [6.45, 7) is 9.18. The molecule has 1 aromatic heterocycles. The fourth-order valence-corrected chi connectivity index (χ4v) is 2.72. The quantitative estimate of drug-likeness (QED) is 0.927. The van der Waals surface area contributed by atoms with Crippen LogP contribution < -0.4 is 5.32 Å². The van der Waals surface area contributed by atoms with Crippen LogP contribution in [0.5, 0.6) is 0 Å². The second kappa shape index (κ2) is 6.33. The number of amides is 2. The highest BCUT2D eigenvalue weighted by atomic mass is 16.3. The van der Waals surface area contributed by atoms with E-state index in [9.17, 15) is 9.59 Å². The molecule has 0 radical (unpaired) electrons. The summed E-state index contributed by atoms with van der Waals surface area (Å²) >= 11 is 0. The fraction of sp³-hybridized carbons (Fsp3) is 0.625. The van der Waals surface area contributed by atoms with Gasteiger partial charge in [0, 0.05) is 18.7 Å². The molecule has 116 valence electrons. The van der Waals surface area contributed by atoms with Gasteiger partial charge in [-0.2, -0.15) is 0 Å². The molecule has 1 N–H and O–H groups in total. The van der Waals surface area contributed by atoms with Crippen molar-refractivity contribution in [3.63, 3.8) is 0 Å². The molecule has 0 spiro atoms. The normalized spacial score (nSPS) is 19.2. The van der Waals surface area contributed by atoms with Crippen LogP contribution in [-0.4, -0.2) is 35.8 Å². The number of hydrogen-bond acceptors (Lipinski definition) is 3. The van der Waals surface area contributed by atoms with Gasteiger partial charge in [0.1, 0.15) is 6.04 Å². The molecule has 1 aliphatic heterocycles. The van der Waals surface area contributed by atoms with Crippen molar-refractivity contribution in [2.24, 2.45) is 5.92 Å². The van der Waals surface area contributed by atoms with Gasteiger partial charge in [-0.3, -0.25) is 9.59 Å². The van der Waals surface area contributed by atoms with E-state index in [2.05, 4.69) is 19.2 Å². The number of furan rings is 1. The van der Waals surface area contributed by atoms with Gasteiger partial charge in [-0.05, 0) is 24.3 Å². The molecule has 0 aliphatic carbocycles. The van der Waals surface area contributed by atoms with Crippen molar-refractivity contribution in [3.8, 4) is 0 Å². The maximum Gasteiger partial charge on any atom is 0.290 e. The third-order valence-corrected chi connectivity index (χ3v) is 3.80. The van der Waals surface area contributed by atoms with E-state index in [4.69, 9.17) is 4.42 Å². The first kappa shape index (κ1) is 15.6. The van der Waals surface area contributed by atoms with Crippen molar-refractivity contribution in [2.45, 2.75) is 46.1 Å². The van der Waals surface area contributed by atoms with Gasteiger partial charge in [-0.1, -0.05) is 27.7 Å². The number of hydrogen-bond donors (Lipinski definition) is 1. The molecule has 1 atom stereocenters. The fourth-order valence-electron chi connectivity index (χ4n) is 2.72. The zero-order valence-corrected chi connectivity index (χ0v) is 13.2. The van der Waals surface area contributed by atoms with Crippen molar-refractivity contribution in [1.82, 2.24) is 10.2 Å². The highest BCUT2D eigenvalue weighted by molar-refractivity contribution is 5.97. The molecular weight excluding hydrogens is 268 g/mol. The Morgan fingerprint density at radius 1 is 1.43 bits per heavy atom. The third kappa shape index (κ3) is 3.28. The molecule has 0 saturated carbocycles. The first-order valence-electron chi connectivity index (χ1n) is 7.57. The minimum atomic E-state index is -0.406. The number of rotatable bonds is 4. The average Bonchev–Trinajstić information content (AvgIpc) is 2.89. The molecule has 1 aliphatic rings. The summed E-state index contributed by atoms with van der Waals surface area (Å²) in [6.07, 6.45) is 2.21. The van der Waals surface area contributed by atoms with E-state index < -0.39 is 6.04 Å². The molecule has 1 aromatic rings. The minimum absolute atomic E-state index is 0.0686. The summed E-state index contributed by atoms with van der Waals surface area (Å²) in [7, 11) is 0. The number of piperazine rings is 1. The minimum Gasteiger partial charge on any atom is -0.459 e. The smallest absolute Gasteiger partial charge is 0.290 e. The molecule has 2 amide bonds. The summed E-state index contributed by atoms with van der Waals surface area (Å²) in [4.78, 5) is 26.5. The topological polar surface area (TPSA) is 62.6 Å². The van der Waals surface area contributed by atoms with Gasteiger partial charge in [0.25, 0.3) is 5.91 Å². The predicted octanol–water partition coefficient (Wildman–Crippen LogP) is 2.39. The number of carbonyl (C=O) groups is 2. The first-order chi connectivity index (χ1) is 9.91. The Labute approximate surface area is 125 Å². The van der Waals surface area contributed by atoms with Crippen molar-refractivity contribution in [1.29, 1.82) is 0 Å². The number of nitrogens with one attached hydrogen (secondary N) is 1. The van der Waals surface area contributed by atoms with E-state index in [-0.39, 0.29) is 17.7 Å². The lowest BCUT2D eigenvalue weighted by molar-refractivity contribution is -0.128. The second-order valence-electron chi connectivity index (χ2n) is 6.29. The SMILES string of the molecule is CC(C)CC1C(=O)NCCN1C(=O)c1occc1C(C)C. The predicted molar refractivity (Wildman–Crippen MR) is 80.1 cm³/mol. The van der Waals surface area contributed by atoms with Crippen molar-refractivity contribution >= 4 is 11.8 Å². The van der Waals surface area contributed by atoms with Crippen LogP contribution in [0.3, 0.4) is 0 Å². The summed E-state index contributed by atoms with van der Waals surface area (Å²) in [5.41, 5.74) is 0.897. The Bertz CT molecular complexity index is 519. The standard InChI is InChI=1S/C16H24N2O3/c1-10(2)9-13-15(19)17-6-7-18(13)16(20)14-12(11(3)4)5-8-21-14/h5,8,10-11,13H,6-7,9H2,1-4H3,(H,17,19). The van der Waals surface area contributed by atoms with E-state index in [1.54, 1.807) is 11.2 Å². The molecule has 1 unspecified atom stereocenters. The van der Waals surface area contributed by atoms with Gasteiger partial charge in [0.2, 0.25) is 5.91 Å². The molecule has 5 nitrogen and oxygen atoms in total.